The molecule has 0 bridgehead atoms. The van der Waals surface area contributed by atoms with E-state index in [1.54, 1.807) is 7.11 Å². The van der Waals surface area contributed by atoms with Crippen LogP contribution < -0.4 is 5.73 Å². The molecule has 2 unspecified atom stereocenters. The van der Waals surface area contributed by atoms with Crippen LogP contribution in [0.5, 0.6) is 0 Å². The van der Waals surface area contributed by atoms with Crippen molar-refractivity contribution in [3.05, 3.63) is 0 Å². The molecule has 0 saturated carbocycles. The third-order valence-corrected chi connectivity index (χ3v) is 2.95. The Balaban J connectivity index is 2.36. The molecule has 1 aliphatic rings. The number of hydrogen-bond donors (Lipinski definition) is 2. The summed E-state index contributed by atoms with van der Waals surface area (Å²) in [7, 11) is 1.75. The van der Waals surface area contributed by atoms with Gasteiger partial charge in [-0.25, -0.2) is 0 Å². The summed E-state index contributed by atoms with van der Waals surface area (Å²) >= 11 is 0. The van der Waals surface area contributed by atoms with Gasteiger partial charge in [0.2, 0.25) is 0 Å². The first kappa shape index (κ1) is 12.9. The largest absolute Gasteiger partial charge is 0.394 e. The number of rotatable bonds is 5. The molecule has 1 rings (SSSR count). The van der Waals surface area contributed by atoms with E-state index >= 15 is 0 Å². The van der Waals surface area contributed by atoms with Gasteiger partial charge in [-0.05, 0) is 32.2 Å². The van der Waals surface area contributed by atoms with Gasteiger partial charge in [0.25, 0.3) is 0 Å². The van der Waals surface area contributed by atoms with Crippen molar-refractivity contribution in [3.8, 4) is 0 Å². The average Bonchev–Trinajstić information content (AvgIpc) is 2.18. The Kier molecular flexibility index (Phi) is 4.99. The van der Waals surface area contributed by atoms with Crippen LogP contribution in [-0.2, 0) is 4.74 Å². The SMILES string of the molecule is COCC1CCCN(CC(C)(N)CO)C1. The molecule has 1 aliphatic heterocycles. The predicted octanol–water partition coefficient (Wildman–Crippen LogP) is 0.0545. The molecular formula is C11H24N2O2. The van der Waals surface area contributed by atoms with Gasteiger partial charge in [-0.1, -0.05) is 0 Å². The number of aliphatic hydroxyl groups excluding tert-OH is 1. The van der Waals surface area contributed by atoms with Crippen LogP contribution in [0.4, 0.5) is 0 Å². The van der Waals surface area contributed by atoms with E-state index < -0.39 is 5.54 Å². The molecule has 1 fully saturated rings. The van der Waals surface area contributed by atoms with E-state index in [1.807, 2.05) is 6.92 Å². The molecule has 0 amide bonds. The summed E-state index contributed by atoms with van der Waals surface area (Å²) in [5.74, 6) is 0.623. The van der Waals surface area contributed by atoms with E-state index in [2.05, 4.69) is 4.90 Å². The zero-order chi connectivity index (χ0) is 11.3. The zero-order valence-electron chi connectivity index (χ0n) is 9.91. The Morgan fingerprint density at radius 3 is 2.93 bits per heavy atom. The van der Waals surface area contributed by atoms with Crippen LogP contribution >= 0.6 is 0 Å². The summed E-state index contributed by atoms with van der Waals surface area (Å²) in [6.07, 6.45) is 2.44. The number of methoxy groups -OCH3 is 1. The number of ether oxygens (including phenoxy) is 1. The van der Waals surface area contributed by atoms with Crippen molar-refractivity contribution in [1.29, 1.82) is 0 Å². The molecular weight excluding hydrogens is 192 g/mol. The summed E-state index contributed by atoms with van der Waals surface area (Å²) in [4.78, 5) is 2.34. The van der Waals surface area contributed by atoms with E-state index in [1.165, 1.54) is 12.8 Å². The van der Waals surface area contributed by atoms with Crippen molar-refractivity contribution in [2.75, 3.05) is 40.0 Å². The first-order valence-corrected chi connectivity index (χ1v) is 5.68. The van der Waals surface area contributed by atoms with E-state index in [0.29, 0.717) is 5.92 Å². The van der Waals surface area contributed by atoms with Crippen LogP contribution in [0.2, 0.25) is 0 Å². The van der Waals surface area contributed by atoms with Gasteiger partial charge < -0.3 is 20.5 Å². The number of nitrogens with zero attached hydrogens (tertiary/aromatic N) is 1. The van der Waals surface area contributed by atoms with Gasteiger partial charge in [-0.2, -0.15) is 0 Å². The quantitative estimate of drug-likeness (QED) is 0.682. The third-order valence-electron chi connectivity index (χ3n) is 2.95. The van der Waals surface area contributed by atoms with Gasteiger partial charge in [0.15, 0.2) is 0 Å². The van der Waals surface area contributed by atoms with Gasteiger partial charge in [0.05, 0.1) is 13.2 Å². The normalized spacial score (nSPS) is 27.6. The monoisotopic (exact) mass is 216 g/mol. The highest BCUT2D eigenvalue weighted by atomic mass is 16.5. The molecule has 0 spiro atoms. The van der Waals surface area contributed by atoms with Crippen molar-refractivity contribution in [2.24, 2.45) is 11.7 Å². The van der Waals surface area contributed by atoms with Crippen LogP contribution in [0.15, 0.2) is 0 Å². The third kappa shape index (κ3) is 4.47. The number of nitrogens with two attached hydrogens (primary N) is 1. The minimum Gasteiger partial charge on any atom is -0.394 e. The first-order chi connectivity index (χ1) is 7.07. The van der Waals surface area contributed by atoms with Crippen molar-refractivity contribution >= 4 is 0 Å². The Bertz CT molecular complexity index is 183. The van der Waals surface area contributed by atoms with Crippen molar-refractivity contribution in [1.82, 2.24) is 4.90 Å². The maximum atomic E-state index is 9.12. The second-order valence-corrected chi connectivity index (χ2v) is 5.01. The van der Waals surface area contributed by atoms with Crippen LogP contribution in [-0.4, -0.2) is 55.5 Å². The van der Waals surface area contributed by atoms with Crippen molar-refractivity contribution in [2.45, 2.75) is 25.3 Å². The average molecular weight is 216 g/mol. The predicted molar refractivity (Wildman–Crippen MR) is 60.7 cm³/mol. The van der Waals surface area contributed by atoms with Crippen LogP contribution in [0, 0.1) is 5.92 Å². The molecule has 15 heavy (non-hydrogen) atoms. The summed E-state index contributed by atoms with van der Waals surface area (Å²) < 4.78 is 5.18. The topological polar surface area (TPSA) is 58.7 Å². The Morgan fingerprint density at radius 1 is 1.60 bits per heavy atom. The summed E-state index contributed by atoms with van der Waals surface area (Å²) in [5, 5.41) is 9.12. The molecule has 0 aliphatic carbocycles. The molecule has 0 aromatic heterocycles. The maximum absolute atomic E-state index is 9.12. The van der Waals surface area contributed by atoms with Gasteiger partial charge in [0, 0.05) is 25.7 Å². The minimum atomic E-state index is -0.477. The summed E-state index contributed by atoms with van der Waals surface area (Å²) in [6.45, 7) is 5.67. The lowest BCUT2D eigenvalue weighted by Crippen LogP contribution is -2.53. The highest BCUT2D eigenvalue weighted by Gasteiger charge is 2.26. The Morgan fingerprint density at radius 2 is 2.33 bits per heavy atom. The Hall–Kier alpha value is -0.160. The second-order valence-electron chi connectivity index (χ2n) is 5.01. The van der Waals surface area contributed by atoms with Gasteiger partial charge in [-0.3, -0.25) is 0 Å². The zero-order valence-corrected chi connectivity index (χ0v) is 9.91. The Labute approximate surface area is 92.4 Å². The number of piperidine rings is 1. The van der Waals surface area contributed by atoms with Crippen molar-refractivity contribution in [3.63, 3.8) is 0 Å². The standard InChI is InChI=1S/C11H24N2O2/c1-11(12,9-14)8-13-5-3-4-10(6-13)7-15-2/h10,14H,3-9,12H2,1-2H3. The maximum Gasteiger partial charge on any atom is 0.0621 e. The van der Waals surface area contributed by atoms with Crippen molar-refractivity contribution < 1.29 is 9.84 Å². The number of likely N-dealkylation sites (tertiary alicyclic amines) is 1. The fourth-order valence-electron chi connectivity index (χ4n) is 2.23. The number of hydrogen-bond acceptors (Lipinski definition) is 4. The molecule has 4 nitrogen and oxygen atoms in total. The van der Waals surface area contributed by atoms with Gasteiger partial charge in [0.1, 0.15) is 0 Å². The minimum absolute atomic E-state index is 0.0401. The molecule has 1 saturated heterocycles. The highest BCUT2D eigenvalue weighted by Crippen LogP contribution is 2.18. The van der Waals surface area contributed by atoms with E-state index in [-0.39, 0.29) is 6.61 Å². The smallest absolute Gasteiger partial charge is 0.0621 e. The first-order valence-electron chi connectivity index (χ1n) is 5.68. The van der Waals surface area contributed by atoms with E-state index in [4.69, 9.17) is 15.6 Å². The molecule has 1 heterocycles. The van der Waals surface area contributed by atoms with Crippen LogP contribution in [0.25, 0.3) is 0 Å². The van der Waals surface area contributed by atoms with Gasteiger partial charge in [-0.15, -0.1) is 0 Å². The lowest BCUT2D eigenvalue weighted by atomic mass is 9.96. The lowest BCUT2D eigenvalue weighted by molar-refractivity contribution is 0.0702. The fraction of sp³-hybridized carbons (Fsp3) is 1.00. The van der Waals surface area contributed by atoms with E-state index in [0.717, 1.165) is 26.2 Å². The van der Waals surface area contributed by atoms with Crippen LogP contribution in [0.1, 0.15) is 19.8 Å². The van der Waals surface area contributed by atoms with Crippen LogP contribution in [0.3, 0.4) is 0 Å². The second kappa shape index (κ2) is 5.80. The molecule has 0 aromatic carbocycles. The highest BCUT2D eigenvalue weighted by molar-refractivity contribution is 4.84. The molecule has 2 atom stereocenters. The molecule has 0 radical (unpaired) electrons. The van der Waals surface area contributed by atoms with Gasteiger partial charge >= 0.3 is 0 Å². The molecule has 4 heteroatoms. The lowest BCUT2D eigenvalue weighted by Gasteiger charge is -2.36. The molecule has 90 valence electrons. The summed E-state index contributed by atoms with van der Waals surface area (Å²) in [6, 6.07) is 0. The number of aliphatic hydroxyl groups is 1. The fourth-order valence-corrected chi connectivity index (χ4v) is 2.23. The van der Waals surface area contributed by atoms with E-state index in [9.17, 15) is 0 Å². The molecule has 0 aromatic rings. The summed E-state index contributed by atoms with van der Waals surface area (Å²) in [5.41, 5.74) is 5.47. The molecule has 3 N–H and O–H groups in total.